The van der Waals surface area contributed by atoms with Crippen LogP contribution in [0.25, 0.3) is 16.7 Å². The lowest BCUT2D eigenvalue weighted by molar-refractivity contribution is -0.116. The lowest BCUT2D eigenvalue weighted by Crippen LogP contribution is -2.26. The van der Waals surface area contributed by atoms with Gasteiger partial charge in [-0.05, 0) is 59.2 Å². The molecule has 0 spiro atoms. The van der Waals surface area contributed by atoms with Gasteiger partial charge in [0.25, 0.3) is 0 Å². The zero-order chi connectivity index (χ0) is 24.6. The quantitative estimate of drug-likeness (QED) is 0.461. The SMILES string of the molecule is C=CC(=O)NCc1cc(C(C)(C)CC(C)(C)C)cc(-n2nc3ccc(C(=O)O)cc3n2)c1O. The Hall–Kier alpha value is -3.68. The predicted molar refractivity (Wildman–Crippen MR) is 127 cm³/mol. The van der Waals surface area contributed by atoms with Crippen molar-refractivity contribution in [2.45, 2.75) is 53.0 Å². The number of hydrogen-bond donors (Lipinski definition) is 3. The molecular formula is C25H30N4O4. The van der Waals surface area contributed by atoms with Crippen LogP contribution in [0.15, 0.2) is 43.0 Å². The Morgan fingerprint density at radius 2 is 1.76 bits per heavy atom. The van der Waals surface area contributed by atoms with Gasteiger partial charge in [-0.3, -0.25) is 4.79 Å². The molecule has 0 saturated heterocycles. The van der Waals surface area contributed by atoms with Crippen LogP contribution in [0.4, 0.5) is 0 Å². The molecule has 0 aliphatic carbocycles. The molecule has 0 radical (unpaired) electrons. The minimum atomic E-state index is -1.06. The van der Waals surface area contributed by atoms with E-state index in [-0.39, 0.29) is 34.6 Å². The summed E-state index contributed by atoms with van der Waals surface area (Å²) in [5, 5.41) is 31.9. The van der Waals surface area contributed by atoms with Crippen molar-refractivity contribution < 1.29 is 19.8 Å². The number of carbonyl (C=O) groups is 2. The first-order valence-corrected chi connectivity index (χ1v) is 10.7. The number of aromatic carboxylic acids is 1. The second-order valence-electron chi connectivity index (χ2n) is 10.0. The van der Waals surface area contributed by atoms with E-state index in [0.29, 0.717) is 22.3 Å². The highest BCUT2D eigenvalue weighted by Gasteiger charge is 2.29. The smallest absolute Gasteiger partial charge is 0.335 e. The predicted octanol–water partition coefficient (Wildman–Crippen LogP) is 4.34. The summed E-state index contributed by atoms with van der Waals surface area (Å²) in [5.74, 6) is -1.46. The van der Waals surface area contributed by atoms with Crippen LogP contribution >= 0.6 is 0 Å². The summed E-state index contributed by atoms with van der Waals surface area (Å²) in [6.07, 6.45) is 2.05. The van der Waals surface area contributed by atoms with E-state index in [1.807, 2.05) is 12.1 Å². The molecule has 3 N–H and O–H groups in total. The molecule has 0 unspecified atom stereocenters. The lowest BCUT2D eigenvalue weighted by Gasteiger charge is -2.33. The molecule has 0 atom stereocenters. The van der Waals surface area contributed by atoms with Gasteiger partial charge in [-0.25, -0.2) is 4.79 Å². The Balaban J connectivity index is 2.16. The van der Waals surface area contributed by atoms with Gasteiger partial charge in [-0.15, -0.1) is 15.0 Å². The molecule has 1 aromatic heterocycles. The van der Waals surface area contributed by atoms with E-state index in [0.717, 1.165) is 12.0 Å². The molecule has 33 heavy (non-hydrogen) atoms. The van der Waals surface area contributed by atoms with E-state index < -0.39 is 5.97 Å². The van der Waals surface area contributed by atoms with Crippen LogP contribution in [-0.4, -0.2) is 37.1 Å². The van der Waals surface area contributed by atoms with Gasteiger partial charge in [0.1, 0.15) is 22.5 Å². The molecule has 3 aromatic rings. The summed E-state index contributed by atoms with van der Waals surface area (Å²) >= 11 is 0. The Kier molecular flexibility index (Phi) is 6.31. The van der Waals surface area contributed by atoms with Crippen LogP contribution in [0.2, 0.25) is 0 Å². The minimum absolute atomic E-state index is 0.0602. The first kappa shape index (κ1) is 24.0. The van der Waals surface area contributed by atoms with Crippen molar-refractivity contribution in [2.75, 3.05) is 0 Å². The number of hydrogen-bond acceptors (Lipinski definition) is 5. The molecule has 0 aliphatic rings. The second kappa shape index (κ2) is 8.69. The van der Waals surface area contributed by atoms with E-state index in [1.165, 1.54) is 23.0 Å². The molecule has 2 aromatic carbocycles. The topological polar surface area (TPSA) is 117 Å². The highest BCUT2D eigenvalue weighted by molar-refractivity contribution is 5.92. The number of fused-ring (bicyclic) bond motifs is 1. The lowest BCUT2D eigenvalue weighted by atomic mass is 9.72. The average molecular weight is 451 g/mol. The van der Waals surface area contributed by atoms with Gasteiger partial charge < -0.3 is 15.5 Å². The fourth-order valence-corrected chi connectivity index (χ4v) is 4.19. The average Bonchev–Trinajstić information content (AvgIpc) is 3.13. The van der Waals surface area contributed by atoms with Crippen LogP contribution < -0.4 is 5.32 Å². The molecule has 8 heteroatoms. The number of amides is 1. The van der Waals surface area contributed by atoms with Gasteiger partial charge in [0.15, 0.2) is 0 Å². The third-order valence-corrected chi connectivity index (χ3v) is 5.40. The number of nitrogens with zero attached hydrogens (tertiary/aromatic N) is 3. The van der Waals surface area contributed by atoms with Gasteiger partial charge in [0.05, 0.1) is 5.56 Å². The number of phenolic OH excluding ortho intramolecular Hbond substituents is 1. The van der Waals surface area contributed by atoms with Gasteiger partial charge in [-0.2, -0.15) is 0 Å². The third kappa shape index (κ3) is 5.39. The van der Waals surface area contributed by atoms with Crippen molar-refractivity contribution in [3.8, 4) is 11.4 Å². The van der Waals surface area contributed by atoms with Crippen molar-refractivity contribution in [1.29, 1.82) is 0 Å². The molecule has 0 saturated carbocycles. The van der Waals surface area contributed by atoms with E-state index in [4.69, 9.17) is 0 Å². The molecule has 174 valence electrons. The molecule has 8 nitrogen and oxygen atoms in total. The normalized spacial score (nSPS) is 12.0. The standard InChI is InChI=1S/C25H30N4O4/c1-7-21(30)26-13-16-10-17(25(5,6)14-24(2,3)4)12-20(22(16)31)29-27-18-9-8-15(23(32)33)11-19(18)28-29/h7-12,31H,1,13-14H2,2-6H3,(H,26,30)(H,32,33). The number of rotatable bonds is 7. The Morgan fingerprint density at radius 3 is 2.36 bits per heavy atom. The maximum atomic E-state index is 11.7. The maximum absolute atomic E-state index is 11.7. The number of benzene rings is 2. The summed E-state index contributed by atoms with van der Waals surface area (Å²) < 4.78 is 0. The monoisotopic (exact) mass is 450 g/mol. The van der Waals surface area contributed by atoms with E-state index >= 15 is 0 Å². The number of carboxylic acid groups (broad SMARTS) is 1. The number of aromatic hydroxyl groups is 1. The van der Waals surface area contributed by atoms with Crippen LogP contribution in [0.1, 0.15) is 62.5 Å². The first-order valence-electron chi connectivity index (χ1n) is 10.7. The van der Waals surface area contributed by atoms with Crippen LogP contribution in [0, 0.1) is 5.41 Å². The molecule has 0 aliphatic heterocycles. The number of nitrogens with one attached hydrogen (secondary N) is 1. The fourth-order valence-electron chi connectivity index (χ4n) is 4.19. The van der Waals surface area contributed by atoms with Crippen molar-refractivity contribution in [3.63, 3.8) is 0 Å². The molecule has 0 bridgehead atoms. The van der Waals surface area contributed by atoms with Crippen LogP contribution in [0.3, 0.4) is 0 Å². The summed E-state index contributed by atoms with van der Waals surface area (Å²) in [5.41, 5.74) is 2.64. The maximum Gasteiger partial charge on any atom is 0.335 e. The summed E-state index contributed by atoms with van der Waals surface area (Å²) in [7, 11) is 0. The summed E-state index contributed by atoms with van der Waals surface area (Å²) in [4.78, 5) is 24.3. The Bertz CT molecular complexity index is 1240. The minimum Gasteiger partial charge on any atom is -0.505 e. The largest absolute Gasteiger partial charge is 0.505 e. The zero-order valence-electron chi connectivity index (χ0n) is 19.6. The molecule has 1 amide bonds. The Labute approximate surface area is 192 Å². The van der Waals surface area contributed by atoms with Crippen LogP contribution in [0.5, 0.6) is 5.75 Å². The molecular weight excluding hydrogens is 420 g/mol. The number of carbonyl (C=O) groups excluding carboxylic acids is 1. The van der Waals surface area contributed by atoms with Gasteiger partial charge >= 0.3 is 5.97 Å². The summed E-state index contributed by atoms with van der Waals surface area (Å²) in [6, 6.07) is 8.22. The molecule has 0 fully saturated rings. The van der Waals surface area contributed by atoms with E-state index in [2.05, 4.69) is 56.7 Å². The molecule has 1 heterocycles. The van der Waals surface area contributed by atoms with Crippen LogP contribution in [-0.2, 0) is 16.8 Å². The molecule has 3 rings (SSSR count). The highest BCUT2D eigenvalue weighted by atomic mass is 16.4. The highest BCUT2D eigenvalue weighted by Crippen LogP contribution is 2.39. The van der Waals surface area contributed by atoms with Gasteiger partial charge in [-0.1, -0.05) is 41.2 Å². The summed E-state index contributed by atoms with van der Waals surface area (Å²) in [6.45, 7) is 14.3. The second-order valence-corrected chi connectivity index (χ2v) is 10.0. The third-order valence-electron chi connectivity index (χ3n) is 5.40. The van der Waals surface area contributed by atoms with Crippen molar-refractivity contribution in [3.05, 3.63) is 59.7 Å². The van der Waals surface area contributed by atoms with E-state index in [9.17, 15) is 19.8 Å². The Morgan fingerprint density at radius 1 is 1.09 bits per heavy atom. The number of carboxylic acids is 1. The van der Waals surface area contributed by atoms with Crippen molar-refractivity contribution in [2.24, 2.45) is 5.41 Å². The van der Waals surface area contributed by atoms with Gasteiger partial charge in [0, 0.05) is 12.1 Å². The van der Waals surface area contributed by atoms with Crippen molar-refractivity contribution >= 4 is 22.9 Å². The number of phenols is 1. The first-order chi connectivity index (χ1) is 15.3. The van der Waals surface area contributed by atoms with Crippen molar-refractivity contribution in [1.82, 2.24) is 20.3 Å². The fraction of sp³-hybridized carbons (Fsp3) is 0.360. The zero-order valence-corrected chi connectivity index (χ0v) is 19.6. The van der Waals surface area contributed by atoms with Gasteiger partial charge in [0.2, 0.25) is 5.91 Å². The number of aromatic nitrogens is 3. The van der Waals surface area contributed by atoms with E-state index in [1.54, 1.807) is 6.07 Å².